The first-order valence-corrected chi connectivity index (χ1v) is 5.71. The fourth-order valence-electron chi connectivity index (χ4n) is 2.14. The van der Waals surface area contributed by atoms with Gasteiger partial charge in [-0.05, 0) is 6.42 Å². The molecule has 0 saturated carbocycles. The number of aromatic nitrogens is 2. The molecule has 0 aliphatic carbocycles. The van der Waals surface area contributed by atoms with Crippen LogP contribution in [0, 0.1) is 12.3 Å². The van der Waals surface area contributed by atoms with Crippen LogP contribution in [0.4, 0.5) is 11.5 Å². The van der Waals surface area contributed by atoms with Crippen molar-refractivity contribution in [1.82, 2.24) is 9.78 Å². The molecule has 1 aliphatic rings. The molecule has 2 rings (SSSR count). The van der Waals surface area contributed by atoms with Crippen LogP contribution in [0.3, 0.4) is 0 Å². The van der Waals surface area contributed by atoms with Gasteiger partial charge >= 0.3 is 0 Å². The van der Waals surface area contributed by atoms with Crippen molar-refractivity contribution in [2.75, 3.05) is 23.3 Å². The molecule has 0 radical (unpaired) electrons. The van der Waals surface area contributed by atoms with E-state index in [0.717, 1.165) is 30.0 Å². The van der Waals surface area contributed by atoms with Crippen molar-refractivity contribution >= 4 is 17.4 Å². The Morgan fingerprint density at radius 2 is 2.35 bits per heavy atom. The number of anilines is 2. The second-order valence-electron chi connectivity index (χ2n) is 4.13. The smallest absolute Gasteiger partial charge is 0.244 e. The summed E-state index contributed by atoms with van der Waals surface area (Å²) in [7, 11) is 1.87. The number of rotatable bonds is 3. The predicted molar refractivity (Wildman–Crippen MR) is 66.9 cm³/mol. The van der Waals surface area contributed by atoms with E-state index < -0.39 is 0 Å². The van der Waals surface area contributed by atoms with Crippen molar-refractivity contribution in [3.63, 3.8) is 0 Å². The van der Waals surface area contributed by atoms with E-state index in [2.05, 4.69) is 23.3 Å². The summed E-state index contributed by atoms with van der Waals surface area (Å²) < 4.78 is 1.79. The van der Waals surface area contributed by atoms with Crippen LogP contribution in [-0.2, 0) is 18.3 Å². The second kappa shape index (κ2) is 4.50. The molecule has 1 N–H and O–H groups in total. The Morgan fingerprint density at radius 3 is 3.00 bits per heavy atom. The van der Waals surface area contributed by atoms with Gasteiger partial charge in [-0.2, -0.15) is 5.10 Å². The molecule has 2 heterocycles. The fourth-order valence-corrected chi connectivity index (χ4v) is 2.14. The van der Waals surface area contributed by atoms with Gasteiger partial charge in [-0.3, -0.25) is 9.48 Å². The van der Waals surface area contributed by atoms with Crippen molar-refractivity contribution < 1.29 is 4.79 Å². The molecule has 0 saturated heterocycles. The van der Waals surface area contributed by atoms with Crippen LogP contribution in [0.15, 0.2) is 0 Å². The van der Waals surface area contributed by atoms with Crippen LogP contribution in [-0.4, -0.2) is 28.8 Å². The van der Waals surface area contributed by atoms with Crippen LogP contribution in [0.2, 0.25) is 0 Å². The van der Waals surface area contributed by atoms with Crippen molar-refractivity contribution in [3.05, 3.63) is 5.69 Å². The average molecular weight is 232 g/mol. The summed E-state index contributed by atoms with van der Waals surface area (Å²) in [4.78, 5) is 13.5. The Hall–Kier alpha value is -1.96. The topological polar surface area (TPSA) is 50.2 Å². The number of aryl methyl sites for hydroxylation is 2. The lowest BCUT2D eigenvalue weighted by atomic mass is 10.2. The first-order chi connectivity index (χ1) is 8.17. The Bertz CT molecular complexity index is 483. The van der Waals surface area contributed by atoms with Gasteiger partial charge in [-0.1, -0.05) is 19.3 Å². The molecule has 1 aromatic rings. The molecule has 0 unspecified atom stereocenters. The van der Waals surface area contributed by atoms with Gasteiger partial charge in [0.2, 0.25) is 5.91 Å². The Balaban J connectivity index is 2.44. The van der Waals surface area contributed by atoms with Crippen LogP contribution in [0.25, 0.3) is 0 Å². The highest BCUT2D eigenvalue weighted by atomic mass is 16.2. The van der Waals surface area contributed by atoms with Crippen molar-refractivity contribution in [3.8, 4) is 12.3 Å². The van der Waals surface area contributed by atoms with Crippen LogP contribution >= 0.6 is 0 Å². The highest BCUT2D eigenvalue weighted by Gasteiger charge is 2.28. The van der Waals surface area contributed by atoms with E-state index >= 15 is 0 Å². The van der Waals surface area contributed by atoms with E-state index in [1.54, 1.807) is 4.68 Å². The Labute approximate surface area is 101 Å². The lowest BCUT2D eigenvalue weighted by Gasteiger charge is -2.27. The molecule has 0 fully saturated rings. The highest BCUT2D eigenvalue weighted by molar-refractivity contribution is 6.01. The quantitative estimate of drug-likeness (QED) is 0.783. The van der Waals surface area contributed by atoms with E-state index in [1.807, 2.05) is 11.9 Å². The molecule has 1 amide bonds. The number of fused-ring (bicyclic) bond motifs is 1. The molecule has 0 spiro atoms. The van der Waals surface area contributed by atoms with Gasteiger partial charge in [0.05, 0.1) is 18.8 Å². The zero-order valence-electron chi connectivity index (χ0n) is 10.2. The van der Waals surface area contributed by atoms with E-state index in [4.69, 9.17) is 6.42 Å². The molecular weight excluding hydrogens is 216 g/mol. The maximum Gasteiger partial charge on any atom is 0.244 e. The van der Waals surface area contributed by atoms with Crippen molar-refractivity contribution in [2.45, 2.75) is 19.8 Å². The van der Waals surface area contributed by atoms with Crippen LogP contribution < -0.4 is 10.2 Å². The summed E-state index contributed by atoms with van der Waals surface area (Å²) in [6, 6.07) is 0. The minimum Gasteiger partial charge on any atom is -0.335 e. The normalized spacial score (nSPS) is 14.2. The van der Waals surface area contributed by atoms with Crippen LogP contribution in [0.5, 0.6) is 0 Å². The predicted octanol–water partition coefficient (Wildman–Crippen LogP) is 0.764. The number of terminal acetylenes is 1. The van der Waals surface area contributed by atoms with E-state index in [-0.39, 0.29) is 5.91 Å². The summed E-state index contributed by atoms with van der Waals surface area (Å²) in [6.45, 7) is 2.80. The molecule has 1 aromatic heterocycles. The minimum atomic E-state index is -0.0295. The number of carbonyl (C=O) groups is 1. The number of hydrogen-bond acceptors (Lipinski definition) is 3. The highest BCUT2D eigenvalue weighted by Crippen LogP contribution is 2.32. The Kier molecular flexibility index (Phi) is 3.05. The minimum absolute atomic E-state index is 0.0295. The molecule has 5 heteroatoms. The molecule has 90 valence electrons. The summed E-state index contributed by atoms with van der Waals surface area (Å²) in [5.74, 6) is 3.45. The van der Waals surface area contributed by atoms with Gasteiger partial charge in [0.15, 0.2) is 5.82 Å². The monoisotopic (exact) mass is 232 g/mol. The second-order valence-corrected chi connectivity index (χ2v) is 4.13. The molecular formula is C12H16N4O. The lowest BCUT2D eigenvalue weighted by Crippen LogP contribution is -2.39. The SMILES string of the molecule is C#CCN1CC(=O)Nc2c(CCC)nn(C)c21. The maximum atomic E-state index is 11.6. The third-order valence-electron chi connectivity index (χ3n) is 2.76. The van der Waals surface area contributed by atoms with E-state index in [1.165, 1.54) is 0 Å². The molecule has 0 aromatic carbocycles. The lowest BCUT2D eigenvalue weighted by molar-refractivity contribution is -0.115. The summed E-state index contributed by atoms with van der Waals surface area (Å²) in [5.41, 5.74) is 1.75. The van der Waals surface area contributed by atoms with E-state index in [9.17, 15) is 4.79 Å². The average Bonchev–Trinajstić information content (AvgIpc) is 2.56. The first kappa shape index (κ1) is 11.5. The largest absolute Gasteiger partial charge is 0.335 e. The summed E-state index contributed by atoms with van der Waals surface area (Å²) in [5, 5.41) is 7.33. The standard InChI is InChI=1S/C12H16N4O/c1-4-6-9-11-12(15(3)14-9)16(7-5-2)8-10(17)13-11/h2H,4,6-8H2,1,3H3,(H,13,17). The summed E-state index contributed by atoms with van der Waals surface area (Å²) in [6.07, 6.45) is 7.17. The van der Waals surface area contributed by atoms with E-state index in [0.29, 0.717) is 13.1 Å². The third-order valence-corrected chi connectivity index (χ3v) is 2.76. The number of nitrogens with zero attached hydrogens (tertiary/aromatic N) is 3. The number of nitrogens with one attached hydrogen (secondary N) is 1. The van der Waals surface area contributed by atoms with Crippen LogP contribution in [0.1, 0.15) is 19.0 Å². The van der Waals surface area contributed by atoms with Gasteiger partial charge in [0.25, 0.3) is 0 Å². The number of carbonyl (C=O) groups excluding carboxylic acids is 1. The Morgan fingerprint density at radius 1 is 1.59 bits per heavy atom. The zero-order chi connectivity index (χ0) is 12.4. The van der Waals surface area contributed by atoms with Crippen molar-refractivity contribution in [2.24, 2.45) is 7.05 Å². The van der Waals surface area contributed by atoms with Crippen molar-refractivity contribution in [1.29, 1.82) is 0 Å². The first-order valence-electron chi connectivity index (χ1n) is 5.71. The summed E-state index contributed by atoms with van der Waals surface area (Å²) >= 11 is 0. The zero-order valence-corrected chi connectivity index (χ0v) is 10.2. The van der Waals surface area contributed by atoms with Gasteiger partial charge in [0.1, 0.15) is 5.69 Å². The van der Waals surface area contributed by atoms with Gasteiger partial charge < -0.3 is 10.2 Å². The molecule has 0 atom stereocenters. The number of amides is 1. The fraction of sp³-hybridized carbons (Fsp3) is 0.500. The third kappa shape index (κ3) is 1.98. The maximum absolute atomic E-state index is 11.6. The van der Waals surface area contributed by atoms with Gasteiger partial charge in [-0.25, -0.2) is 0 Å². The number of hydrogen-bond donors (Lipinski definition) is 1. The molecule has 5 nitrogen and oxygen atoms in total. The molecule has 1 aliphatic heterocycles. The molecule has 17 heavy (non-hydrogen) atoms. The van der Waals surface area contributed by atoms with Gasteiger partial charge in [0, 0.05) is 7.05 Å². The van der Waals surface area contributed by atoms with Gasteiger partial charge in [-0.15, -0.1) is 6.42 Å². The molecule has 0 bridgehead atoms.